The summed E-state index contributed by atoms with van der Waals surface area (Å²) in [6.07, 6.45) is 7.08. The lowest BCUT2D eigenvalue weighted by Crippen LogP contribution is -2.17. The van der Waals surface area contributed by atoms with Crippen molar-refractivity contribution in [1.29, 1.82) is 0 Å². The van der Waals surface area contributed by atoms with Crippen LogP contribution in [0.4, 0.5) is 5.95 Å². The highest BCUT2D eigenvalue weighted by Gasteiger charge is 2.18. The van der Waals surface area contributed by atoms with E-state index in [9.17, 15) is 4.79 Å². The molecule has 0 aromatic carbocycles. The van der Waals surface area contributed by atoms with Crippen LogP contribution >= 0.6 is 0 Å². The molecular formula is C13H21N5O. The maximum atomic E-state index is 11.8. The fourth-order valence-electron chi connectivity index (χ4n) is 2.41. The Labute approximate surface area is 112 Å². The van der Waals surface area contributed by atoms with E-state index in [2.05, 4.69) is 28.9 Å². The Hall–Kier alpha value is -1.85. The van der Waals surface area contributed by atoms with Gasteiger partial charge in [0, 0.05) is 5.92 Å². The number of rotatable bonds is 6. The number of imidazole rings is 1. The summed E-state index contributed by atoms with van der Waals surface area (Å²) in [7, 11) is 0. The first-order chi connectivity index (χ1) is 9.17. The van der Waals surface area contributed by atoms with Crippen LogP contribution in [0.3, 0.4) is 0 Å². The largest absolute Gasteiger partial charge is 0.368 e. The van der Waals surface area contributed by atoms with Crippen molar-refractivity contribution >= 4 is 11.5 Å². The summed E-state index contributed by atoms with van der Waals surface area (Å²) in [6, 6.07) is 0. The number of nitrogens with one attached hydrogen (secondary N) is 1. The molecule has 0 spiro atoms. The monoisotopic (exact) mass is 263 g/mol. The summed E-state index contributed by atoms with van der Waals surface area (Å²) >= 11 is 0. The molecule has 0 saturated heterocycles. The van der Waals surface area contributed by atoms with Gasteiger partial charge in [-0.05, 0) is 12.8 Å². The number of nitrogens with two attached hydrogens (primary N) is 1. The predicted molar refractivity (Wildman–Crippen MR) is 75.2 cm³/mol. The van der Waals surface area contributed by atoms with Gasteiger partial charge in [-0.15, -0.1) is 5.10 Å². The maximum Gasteiger partial charge on any atom is 0.278 e. The average Bonchev–Trinajstić information content (AvgIpc) is 2.78. The van der Waals surface area contributed by atoms with Crippen LogP contribution in [-0.4, -0.2) is 19.6 Å². The molecule has 0 aliphatic rings. The third-order valence-corrected chi connectivity index (χ3v) is 3.35. The highest BCUT2D eigenvalue weighted by atomic mass is 16.1. The summed E-state index contributed by atoms with van der Waals surface area (Å²) in [5.41, 5.74) is 5.83. The van der Waals surface area contributed by atoms with Crippen LogP contribution in [0.1, 0.15) is 57.7 Å². The molecule has 6 heteroatoms. The fourth-order valence-corrected chi connectivity index (χ4v) is 2.41. The van der Waals surface area contributed by atoms with E-state index in [0.29, 0.717) is 11.4 Å². The van der Waals surface area contributed by atoms with E-state index in [1.54, 1.807) is 10.7 Å². The molecule has 2 aromatic heterocycles. The van der Waals surface area contributed by atoms with E-state index in [4.69, 9.17) is 5.73 Å². The molecule has 0 aliphatic heterocycles. The van der Waals surface area contributed by atoms with Crippen LogP contribution in [0.15, 0.2) is 11.0 Å². The van der Waals surface area contributed by atoms with Crippen LogP contribution in [0, 0.1) is 0 Å². The molecule has 6 nitrogen and oxygen atoms in total. The zero-order valence-electron chi connectivity index (χ0n) is 11.5. The van der Waals surface area contributed by atoms with Crippen molar-refractivity contribution in [3.8, 4) is 0 Å². The first kappa shape index (κ1) is 13.6. The van der Waals surface area contributed by atoms with Crippen LogP contribution in [0.25, 0.3) is 5.52 Å². The minimum absolute atomic E-state index is 0.127. The molecule has 0 aliphatic carbocycles. The van der Waals surface area contributed by atoms with Crippen LogP contribution in [0.5, 0.6) is 0 Å². The minimum atomic E-state index is -0.239. The Morgan fingerprint density at radius 2 is 2.16 bits per heavy atom. The molecule has 1 unspecified atom stereocenters. The average molecular weight is 263 g/mol. The van der Waals surface area contributed by atoms with Crippen molar-refractivity contribution in [1.82, 2.24) is 19.6 Å². The predicted octanol–water partition coefficient (Wildman–Crippen LogP) is 2.07. The molecule has 2 aromatic rings. The molecule has 0 bridgehead atoms. The zero-order chi connectivity index (χ0) is 13.8. The Morgan fingerprint density at radius 3 is 2.84 bits per heavy atom. The minimum Gasteiger partial charge on any atom is -0.368 e. The summed E-state index contributed by atoms with van der Waals surface area (Å²) in [5, 5.41) is 4.18. The molecule has 0 amide bonds. The first-order valence-corrected chi connectivity index (χ1v) is 6.90. The number of hydrogen-bond acceptors (Lipinski definition) is 4. The van der Waals surface area contributed by atoms with Gasteiger partial charge < -0.3 is 5.73 Å². The molecule has 2 heterocycles. The quantitative estimate of drug-likeness (QED) is 0.835. The second-order valence-corrected chi connectivity index (χ2v) is 4.88. The van der Waals surface area contributed by atoms with Crippen LogP contribution in [-0.2, 0) is 0 Å². The van der Waals surface area contributed by atoms with Gasteiger partial charge in [0.2, 0.25) is 5.95 Å². The molecule has 0 saturated carbocycles. The number of anilines is 1. The van der Waals surface area contributed by atoms with Gasteiger partial charge in [0.1, 0.15) is 5.82 Å². The second kappa shape index (κ2) is 5.86. The Balaban J connectivity index is 2.44. The number of fused-ring (bicyclic) bond motifs is 1. The molecule has 2 rings (SSSR count). The molecule has 0 radical (unpaired) electrons. The molecule has 1 atom stereocenters. The van der Waals surface area contributed by atoms with Gasteiger partial charge in [-0.3, -0.25) is 9.78 Å². The van der Waals surface area contributed by atoms with E-state index >= 15 is 0 Å². The van der Waals surface area contributed by atoms with Crippen molar-refractivity contribution < 1.29 is 0 Å². The zero-order valence-corrected chi connectivity index (χ0v) is 11.5. The highest BCUT2D eigenvalue weighted by Crippen LogP contribution is 2.25. The number of aromatic amines is 1. The maximum absolute atomic E-state index is 11.8. The van der Waals surface area contributed by atoms with Crippen molar-refractivity contribution in [2.45, 2.75) is 51.9 Å². The van der Waals surface area contributed by atoms with Crippen molar-refractivity contribution in [3.63, 3.8) is 0 Å². The van der Waals surface area contributed by atoms with Gasteiger partial charge in [0.15, 0.2) is 5.52 Å². The summed E-state index contributed by atoms with van der Waals surface area (Å²) < 4.78 is 1.60. The van der Waals surface area contributed by atoms with E-state index < -0.39 is 0 Å². The molecule has 19 heavy (non-hydrogen) atoms. The second-order valence-electron chi connectivity index (χ2n) is 4.88. The summed E-state index contributed by atoms with van der Waals surface area (Å²) in [6.45, 7) is 4.33. The van der Waals surface area contributed by atoms with Gasteiger partial charge in [-0.2, -0.15) is 0 Å². The van der Waals surface area contributed by atoms with Gasteiger partial charge in [-0.1, -0.05) is 33.1 Å². The Bertz CT molecular complexity index is 601. The number of unbranched alkanes of at least 4 members (excludes halogenated alkanes) is 1. The number of nitrogen functional groups attached to an aromatic ring is 1. The van der Waals surface area contributed by atoms with Gasteiger partial charge in [-0.25, -0.2) is 9.50 Å². The Kier molecular flexibility index (Phi) is 4.19. The van der Waals surface area contributed by atoms with E-state index in [1.807, 2.05) is 0 Å². The van der Waals surface area contributed by atoms with Crippen molar-refractivity contribution in [3.05, 3.63) is 22.4 Å². The topological polar surface area (TPSA) is 89.1 Å². The normalized spacial score (nSPS) is 12.9. The van der Waals surface area contributed by atoms with Gasteiger partial charge in [0.25, 0.3) is 5.56 Å². The third-order valence-electron chi connectivity index (χ3n) is 3.35. The van der Waals surface area contributed by atoms with Gasteiger partial charge in [0.05, 0.1) is 6.20 Å². The number of H-pyrrole nitrogens is 1. The standard InChI is InChI=1S/C13H21N5O/c1-3-5-7-9(6-4-2)11-15-8-10-12(19)16-13(14)17-18(10)11/h8-9H,3-7H2,1-2H3,(H3,14,16,17,19). The first-order valence-electron chi connectivity index (χ1n) is 6.90. The lowest BCUT2D eigenvalue weighted by molar-refractivity contribution is 0.508. The third kappa shape index (κ3) is 2.77. The van der Waals surface area contributed by atoms with E-state index in [1.165, 1.54) is 0 Å². The highest BCUT2D eigenvalue weighted by molar-refractivity contribution is 5.43. The van der Waals surface area contributed by atoms with E-state index in [0.717, 1.165) is 37.9 Å². The Morgan fingerprint density at radius 1 is 1.37 bits per heavy atom. The molecule has 104 valence electrons. The molecular weight excluding hydrogens is 242 g/mol. The number of nitrogens with zero attached hydrogens (tertiary/aromatic N) is 3. The number of aromatic nitrogens is 4. The number of hydrogen-bond donors (Lipinski definition) is 2. The molecule has 0 fully saturated rings. The van der Waals surface area contributed by atoms with Gasteiger partial charge >= 0.3 is 0 Å². The lowest BCUT2D eigenvalue weighted by atomic mass is 9.96. The van der Waals surface area contributed by atoms with E-state index in [-0.39, 0.29) is 11.5 Å². The SMILES string of the molecule is CCCCC(CCC)c1ncc2c(=O)[nH]c(N)nn12. The van der Waals surface area contributed by atoms with Crippen molar-refractivity contribution in [2.24, 2.45) is 0 Å². The summed E-state index contributed by atoms with van der Waals surface area (Å²) in [4.78, 5) is 18.7. The van der Waals surface area contributed by atoms with Crippen LogP contribution in [0.2, 0.25) is 0 Å². The van der Waals surface area contributed by atoms with Crippen LogP contribution < -0.4 is 11.3 Å². The molecule has 3 N–H and O–H groups in total. The fraction of sp³-hybridized carbons (Fsp3) is 0.615. The van der Waals surface area contributed by atoms with Crippen molar-refractivity contribution in [2.75, 3.05) is 5.73 Å². The smallest absolute Gasteiger partial charge is 0.278 e. The summed E-state index contributed by atoms with van der Waals surface area (Å²) in [5.74, 6) is 1.31. The lowest BCUT2D eigenvalue weighted by Gasteiger charge is -2.14.